The molecule has 0 atom stereocenters. The molecule has 2 aromatic carbocycles. The van der Waals surface area contributed by atoms with Crippen LogP contribution in [0.1, 0.15) is 6.92 Å². The van der Waals surface area contributed by atoms with E-state index in [1.165, 1.54) is 35.4 Å². The van der Waals surface area contributed by atoms with Gasteiger partial charge in [-0.2, -0.15) is 4.37 Å². The second-order valence-electron chi connectivity index (χ2n) is 5.07. The van der Waals surface area contributed by atoms with Crippen LogP contribution < -0.4 is 0 Å². The first-order chi connectivity index (χ1) is 12.6. The molecule has 0 bridgehead atoms. The molecule has 3 rings (SSSR count). The minimum atomic E-state index is -0.344. The van der Waals surface area contributed by atoms with Crippen LogP contribution in [-0.4, -0.2) is 27.8 Å². The number of rotatable bonds is 6. The van der Waals surface area contributed by atoms with Crippen molar-refractivity contribution in [1.82, 2.24) is 4.37 Å². The number of azo groups is 1. The molecular formula is C17H14ClN3O3S2. The third-order valence-corrected chi connectivity index (χ3v) is 5.38. The number of aromatic nitrogens is 1. The second-order valence-corrected chi connectivity index (χ2v) is 7.25. The van der Waals surface area contributed by atoms with Crippen LogP contribution in [0.2, 0.25) is 5.02 Å². The first-order valence-electron chi connectivity index (χ1n) is 7.65. The summed E-state index contributed by atoms with van der Waals surface area (Å²) in [5.74, 6) is -0.329. The van der Waals surface area contributed by atoms with Crippen LogP contribution in [0.15, 0.2) is 51.5 Å². The Bertz CT molecular complexity index is 975. The number of halogens is 1. The van der Waals surface area contributed by atoms with Gasteiger partial charge in [0, 0.05) is 10.3 Å². The highest BCUT2D eigenvalue weighted by atomic mass is 35.5. The van der Waals surface area contributed by atoms with Gasteiger partial charge in [-0.25, -0.2) is 0 Å². The third kappa shape index (κ3) is 4.32. The van der Waals surface area contributed by atoms with E-state index in [1.54, 1.807) is 6.92 Å². The number of ether oxygens (including phenoxy) is 1. The van der Waals surface area contributed by atoms with Gasteiger partial charge in [-0.3, -0.25) is 4.79 Å². The van der Waals surface area contributed by atoms with Crippen LogP contribution in [-0.2, 0) is 9.53 Å². The van der Waals surface area contributed by atoms with Gasteiger partial charge in [-0.1, -0.05) is 23.7 Å². The number of thioether (sulfide) groups is 1. The summed E-state index contributed by atoms with van der Waals surface area (Å²) in [5.41, 5.74) is 1.31. The van der Waals surface area contributed by atoms with Crippen LogP contribution in [0.4, 0.5) is 10.7 Å². The molecule has 9 heteroatoms. The predicted octanol–water partition coefficient (Wildman–Crippen LogP) is 5.73. The van der Waals surface area contributed by atoms with E-state index in [0.29, 0.717) is 22.2 Å². The number of carbonyl (C=O) groups excluding carboxylic acids is 1. The van der Waals surface area contributed by atoms with Crippen molar-refractivity contribution in [1.29, 1.82) is 0 Å². The second kappa shape index (κ2) is 8.48. The number of nitrogens with zero attached hydrogens (tertiary/aromatic N) is 3. The lowest BCUT2D eigenvalue weighted by atomic mass is 10.2. The molecule has 6 nitrogen and oxygen atoms in total. The van der Waals surface area contributed by atoms with Gasteiger partial charge < -0.3 is 9.84 Å². The van der Waals surface area contributed by atoms with E-state index in [1.807, 2.05) is 24.3 Å². The number of benzene rings is 2. The highest BCUT2D eigenvalue weighted by molar-refractivity contribution is 8.00. The van der Waals surface area contributed by atoms with Gasteiger partial charge in [0.1, 0.15) is 11.4 Å². The summed E-state index contributed by atoms with van der Waals surface area (Å²) >= 11 is 8.44. The van der Waals surface area contributed by atoms with Crippen molar-refractivity contribution in [2.45, 2.75) is 11.8 Å². The SMILES string of the molecule is CCOC(=O)CSc1cc(O)c(Cl)cc1/N=N/c1snc2ccccc12. The number of hydrogen-bond donors (Lipinski definition) is 1. The zero-order chi connectivity index (χ0) is 18.5. The largest absolute Gasteiger partial charge is 0.506 e. The Morgan fingerprint density at radius 3 is 2.96 bits per heavy atom. The first kappa shape index (κ1) is 18.6. The van der Waals surface area contributed by atoms with Crippen LogP contribution in [0, 0.1) is 0 Å². The van der Waals surface area contributed by atoms with E-state index in [-0.39, 0.29) is 22.5 Å². The fourth-order valence-corrected chi connectivity index (χ4v) is 3.76. The van der Waals surface area contributed by atoms with Crippen molar-refractivity contribution < 1.29 is 14.6 Å². The van der Waals surface area contributed by atoms with Crippen LogP contribution in [0.5, 0.6) is 5.75 Å². The molecule has 0 aliphatic heterocycles. The normalized spacial score (nSPS) is 11.3. The number of fused-ring (bicyclic) bond motifs is 1. The summed E-state index contributed by atoms with van der Waals surface area (Å²) < 4.78 is 9.24. The number of hydrogen-bond acceptors (Lipinski definition) is 8. The van der Waals surface area contributed by atoms with Crippen molar-refractivity contribution in [3.8, 4) is 5.75 Å². The van der Waals surface area contributed by atoms with E-state index in [4.69, 9.17) is 16.3 Å². The van der Waals surface area contributed by atoms with E-state index < -0.39 is 0 Å². The number of carbonyl (C=O) groups is 1. The topological polar surface area (TPSA) is 84.1 Å². The quantitative estimate of drug-likeness (QED) is 0.320. The van der Waals surface area contributed by atoms with Crippen LogP contribution >= 0.6 is 34.9 Å². The van der Waals surface area contributed by atoms with Crippen molar-refractivity contribution in [3.05, 3.63) is 41.4 Å². The maximum absolute atomic E-state index is 11.6. The summed E-state index contributed by atoms with van der Waals surface area (Å²) in [7, 11) is 0. The van der Waals surface area contributed by atoms with Crippen LogP contribution in [0.25, 0.3) is 10.9 Å². The van der Waals surface area contributed by atoms with Crippen molar-refractivity contribution >= 4 is 62.5 Å². The molecule has 0 amide bonds. The fourth-order valence-electron chi connectivity index (χ4n) is 2.11. The molecular weight excluding hydrogens is 394 g/mol. The lowest BCUT2D eigenvalue weighted by Crippen LogP contribution is -2.06. The van der Waals surface area contributed by atoms with Gasteiger partial charge in [0.05, 0.1) is 22.9 Å². The Kier molecular flexibility index (Phi) is 6.08. The maximum Gasteiger partial charge on any atom is 0.316 e. The average molecular weight is 408 g/mol. The van der Waals surface area contributed by atoms with Crippen molar-refractivity contribution in [3.63, 3.8) is 0 Å². The molecule has 0 unspecified atom stereocenters. The van der Waals surface area contributed by atoms with Gasteiger partial charge in [-0.15, -0.1) is 22.0 Å². The Labute approximate surface area is 163 Å². The lowest BCUT2D eigenvalue weighted by molar-refractivity contribution is -0.139. The molecule has 1 heterocycles. The summed E-state index contributed by atoms with van der Waals surface area (Å²) in [6.07, 6.45) is 0. The van der Waals surface area contributed by atoms with Crippen LogP contribution in [0.3, 0.4) is 0 Å². The van der Waals surface area contributed by atoms with Gasteiger partial charge in [0.25, 0.3) is 0 Å². The van der Waals surface area contributed by atoms with Gasteiger partial charge in [0.15, 0.2) is 5.00 Å². The monoisotopic (exact) mass is 407 g/mol. The van der Waals surface area contributed by atoms with E-state index in [9.17, 15) is 9.90 Å². The Hall–Kier alpha value is -2.16. The fraction of sp³-hybridized carbons (Fsp3) is 0.176. The molecule has 0 saturated carbocycles. The molecule has 26 heavy (non-hydrogen) atoms. The Morgan fingerprint density at radius 2 is 2.15 bits per heavy atom. The van der Waals surface area contributed by atoms with Crippen molar-refractivity contribution in [2.75, 3.05) is 12.4 Å². The van der Waals surface area contributed by atoms with E-state index >= 15 is 0 Å². The summed E-state index contributed by atoms with van der Waals surface area (Å²) in [6.45, 7) is 2.06. The highest BCUT2D eigenvalue weighted by Crippen LogP contribution is 2.39. The number of aromatic hydroxyl groups is 1. The van der Waals surface area contributed by atoms with Gasteiger partial charge >= 0.3 is 5.97 Å². The summed E-state index contributed by atoms with van der Waals surface area (Å²) in [6, 6.07) is 10.6. The molecule has 0 saturated heterocycles. The number of esters is 1. The van der Waals surface area contributed by atoms with Crippen molar-refractivity contribution in [2.24, 2.45) is 10.2 Å². The summed E-state index contributed by atoms with van der Waals surface area (Å²) in [5, 5.41) is 20.1. The number of phenols is 1. The molecule has 134 valence electrons. The zero-order valence-corrected chi connectivity index (χ0v) is 16.1. The lowest BCUT2D eigenvalue weighted by Gasteiger charge is -2.07. The molecule has 0 aliphatic rings. The van der Waals surface area contributed by atoms with E-state index in [2.05, 4.69) is 14.6 Å². The Morgan fingerprint density at radius 1 is 1.35 bits per heavy atom. The highest BCUT2D eigenvalue weighted by Gasteiger charge is 2.12. The molecule has 0 fully saturated rings. The van der Waals surface area contributed by atoms with Gasteiger partial charge in [-0.05, 0) is 42.7 Å². The smallest absolute Gasteiger partial charge is 0.316 e. The average Bonchev–Trinajstić information content (AvgIpc) is 3.04. The molecule has 3 aromatic rings. The molecule has 0 spiro atoms. The third-order valence-electron chi connectivity index (χ3n) is 3.29. The van der Waals surface area contributed by atoms with Gasteiger partial charge in [0.2, 0.25) is 0 Å². The molecule has 0 radical (unpaired) electrons. The van der Waals surface area contributed by atoms with E-state index in [0.717, 1.165) is 10.9 Å². The summed E-state index contributed by atoms with van der Waals surface area (Å²) in [4.78, 5) is 12.2. The number of phenolic OH excluding ortho intramolecular Hbond substituents is 1. The Balaban J connectivity index is 1.88. The molecule has 1 N–H and O–H groups in total. The minimum Gasteiger partial charge on any atom is -0.506 e. The molecule has 1 aromatic heterocycles. The molecule has 0 aliphatic carbocycles. The first-order valence-corrected chi connectivity index (χ1v) is 9.79. The maximum atomic E-state index is 11.6. The zero-order valence-electron chi connectivity index (χ0n) is 13.7. The standard InChI is InChI=1S/C17H14ClN3O3S2/c1-2-24-16(23)9-25-15-8-14(22)11(18)7-13(15)19-20-17-10-5-3-4-6-12(10)21-26-17/h3-8,22H,2,9H2,1H3/b20-19+. The minimum absolute atomic E-state index is 0.0831. The predicted molar refractivity (Wildman–Crippen MR) is 104 cm³/mol.